The number of aromatic nitrogens is 2. The van der Waals surface area contributed by atoms with Crippen LogP contribution in [0.5, 0.6) is 0 Å². The van der Waals surface area contributed by atoms with Crippen LogP contribution in [-0.4, -0.2) is 43.3 Å². The number of nitrogens with zero attached hydrogens (tertiary/aromatic N) is 3. The van der Waals surface area contributed by atoms with Gasteiger partial charge in [-0.1, -0.05) is 0 Å². The van der Waals surface area contributed by atoms with E-state index in [0.29, 0.717) is 10.8 Å². The highest BCUT2D eigenvalue weighted by Gasteiger charge is 2.27. The van der Waals surface area contributed by atoms with E-state index >= 15 is 0 Å². The van der Waals surface area contributed by atoms with E-state index in [1.165, 1.54) is 29.7 Å². The van der Waals surface area contributed by atoms with Crippen molar-refractivity contribution < 1.29 is 8.42 Å². The largest absolute Gasteiger partial charge is 0.371 e. The summed E-state index contributed by atoms with van der Waals surface area (Å²) in [7, 11) is 1.16. The second-order valence-corrected chi connectivity index (χ2v) is 6.30. The molecule has 0 amide bonds. The van der Waals surface area contributed by atoms with E-state index in [0.717, 1.165) is 0 Å². The van der Waals surface area contributed by atoms with Crippen LogP contribution in [0.2, 0.25) is 0 Å². The number of anilines is 1. The SMILES string of the molecule is CNc1nc2sccn2c1S(=O)(=O)N(C)C. The molecule has 0 aliphatic carbocycles. The summed E-state index contributed by atoms with van der Waals surface area (Å²) in [6.07, 6.45) is 1.70. The number of hydrogen-bond acceptors (Lipinski definition) is 5. The van der Waals surface area contributed by atoms with Crippen molar-refractivity contribution in [1.82, 2.24) is 13.7 Å². The van der Waals surface area contributed by atoms with E-state index in [1.807, 2.05) is 0 Å². The van der Waals surface area contributed by atoms with Gasteiger partial charge in [0.25, 0.3) is 10.0 Å². The summed E-state index contributed by atoms with van der Waals surface area (Å²) in [6, 6.07) is 0. The van der Waals surface area contributed by atoms with Gasteiger partial charge in [-0.05, 0) is 0 Å². The van der Waals surface area contributed by atoms with E-state index in [4.69, 9.17) is 0 Å². The molecule has 0 aliphatic heterocycles. The van der Waals surface area contributed by atoms with E-state index in [9.17, 15) is 8.42 Å². The summed E-state index contributed by atoms with van der Waals surface area (Å²) in [5, 5.41) is 4.78. The van der Waals surface area contributed by atoms with Crippen LogP contribution >= 0.6 is 11.3 Å². The topological polar surface area (TPSA) is 66.7 Å². The molecule has 8 heteroatoms. The molecule has 0 aromatic carbocycles. The van der Waals surface area contributed by atoms with Crippen LogP contribution in [-0.2, 0) is 10.0 Å². The summed E-state index contributed by atoms with van der Waals surface area (Å²) in [6.45, 7) is 0. The maximum Gasteiger partial charge on any atom is 0.262 e. The van der Waals surface area contributed by atoms with Crippen molar-refractivity contribution in [3.05, 3.63) is 11.6 Å². The minimum Gasteiger partial charge on any atom is -0.371 e. The maximum absolute atomic E-state index is 12.1. The Morgan fingerprint density at radius 1 is 1.50 bits per heavy atom. The lowest BCUT2D eigenvalue weighted by molar-refractivity contribution is 0.516. The quantitative estimate of drug-likeness (QED) is 0.881. The molecule has 2 heterocycles. The molecule has 0 aliphatic rings. The fraction of sp³-hybridized carbons (Fsp3) is 0.375. The standard InChI is InChI=1S/C8H12N4O2S2/c1-9-6-7(16(13,14)11(2)3)12-4-5-15-8(12)10-6/h4-5,9H,1-3H3. The van der Waals surface area contributed by atoms with Gasteiger partial charge in [0.15, 0.2) is 15.8 Å². The molecular formula is C8H12N4O2S2. The minimum atomic E-state index is -3.49. The lowest BCUT2D eigenvalue weighted by atomic mass is 10.7. The molecule has 0 saturated heterocycles. The van der Waals surface area contributed by atoms with Crippen LogP contribution in [0.1, 0.15) is 0 Å². The van der Waals surface area contributed by atoms with Crippen LogP contribution in [0.4, 0.5) is 5.82 Å². The van der Waals surface area contributed by atoms with Crippen molar-refractivity contribution in [3.8, 4) is 0 Å². The molecule has 2 aromatic rings. The van der Waals surface area contributed by atoms with Gasteiger partial charge in [0.2, 0.25) is 0 Å². The maximum atomic E-state index is 12.1. The minimum absolute atomic E-state index is 0.177. The van der Waals surface area contributed by atoms with Crippen LogP contribution in [0, 0.1) is 0 Å². The molecule has 88 valence electrons. The van der Waals surface area contributed by atoms with Crippen LogP contribution in [0.15, 0.2) is 16.6 Å². The predicted molar refractivity (Wildman–Crippen MR) is 63.5 cm³/mol. The molecule has 1 N–H and O–H groups in total. The second-order valence-electron chi connectivity index (χ2n) is 3.36. The molecule has 0 radical (unpaired) electrons. The lowest BCUT2D eigenvalue weighted by Gasteiger charge is -2.11. The van der Waals surface area contributed by atoms with Crippen molar-refractivity contribution in [2.75, 3.05) is 26.5 Å². The zero-order valence-electron chi connectivity index (χ0n) is 9.13. The van der Waals surface area contributed by atoms with E-state index < -0.39 is 10.0 Å². The summed E-state index contributed by atoms with van der Waals surface area (Å²) in [4.78, 5) is 4.86. The van der Waals surface area contributed by atoms with Gasteiger partial charge >= 0.3 is 0 Å². The molecule has 0 saturated carbocycles. The van der Waals surface area contributed by atoms with Gasteiger partial charge < -0.3 is 5.32 Å². The lowest BCUT2D eigenvalue weighted by Crippen LogP contribution is -2.24. The van der Waals surface area contributed by atoms with Gasteiger partial charge in [0.05, 0.1) is 0 Å². The second kappa shape index (κ2) is 3.72. The Labute approximate surface area is 97.6 Å². The number of sulfonamides is 1. The zero-order chi connectivity index (χ0) is 11.9. The Hall–Kier alpha value is -1.12. The smallest absolute Gasteiger partial charge is 0.262 e. The van der Waals surface area contributed by atoms with Crippen molar-refractivity contribution in [3.63, 3.8) is 0 Å². The highest BCUT2D eigenvalue weighted by molar-refractivity contribution is 7.89. The molecule has 0 atom stereocenters. The predicted octanol–water partition coefficient (Wildman–Crippen LogP) is 0.688. The molecule has 0 fully saturated rings. The fourth-order valence-electron chi connectivity index (χ4n) is 1.35. The van der Waals surface area contributed by atoms with Gasteiger partial charge in [-0.25, -0.2) is 17.7 Å². The first-order valence-corrected chi connectivity index (χ1v) is 6.86. The first-order chi connectivity index (χ1) is 7.48. The molecular weight excluding hydrogens is 248 g/mol. The third-order valence-corrected chi connectivity index (χ3v) is 4.78. The van der Waals surface area contributed by atoms with Gasteiger partial charge in [0.1, 0.15) is 0 Å². The molecule has 0 bridgehead atoms. The average Bonchev–Trinajstić information content (AvgIpc) is 2.74. The number of nitrogens with one attached hydrogen (secondary N) is 1. The molecule has 16 heavy (non-hydrogen) atoms. The molecule has 0 unspecified atom stereocenters. The molecule has 2 aromatic heterocycles. The van der Waals surface area contributed by atoms with Crippen LogP contribution < -0.4 is 5.32 Å². The van der Waals surface area contributed by atoms with Gasteiger partial charge in [-0.15, -0.1) is 11.3 Å². The number of imidazole rings is 1. The Morgan fingerprint density at radius 2 is 2.19 bits per heavy atom. The highest BCUT2D eigenvalue weighted by Crippen LogP contribution is 2.26. The van der Waals surface area contributed by atoms with E-state index in [-0.39, 0.29) is 5.03 Å². The summed E-state index contributed by atoms with van der Waals surface area (Å²) in [5.74, 6) is 0.376. The van der Waals surface area contributed by atoms with Gasteiger partial charge in [-0.3, -0.25) is 4.40 Å². The Bertz CT molecular complexity index is 611. The third-order valence-electron chi connectivity index (χ3n) is 2.18. The van der Waals surface area contributed by atoms with Crippen molar-refractivity contribution in [1.29, 1.82) is 0 Å². The van der Waals surface area contributed by atoms with Crippen LogP contribution in [0.3, 0.4) is 0 Å². The zero-order valence-corrected chi connectivity index (χ0v) is 10.8. The summed E-state index contributed by atoms with van der Waals surface area (Å²) in [5.41, 5.74) is 0. The molecule has 6 nitrogen and oxygen atoms in total. The molecule has 0 spiro atoms. The Balaban J connectivity index is 2.79. The normalized spacial score (nSPS) is 12.5. The first-order valence-electron chi connectivity index (χ1n) is 4.54. The van der Waals surface area contributed by atoms with Crippen molar-refractivity contribution >= 4 is 32.1 Å². The van der Waals surface area contributed by atoms with E-state index in [2.05, 4.69) is 10.3 Å². The van der Waals surface area contributed by atoms with Crippen LogP contribution in [0.25, 0.3) is 4.96 Å². The number of rotatable bonds is 3. The van der Waals surface area contributed by atoms with Crippen molar-refractivity contribution in [2.24, 2.45) is 0 Å². The number of hydrogen-bond donors (Lipinski definition) is 1. The molecule has 2 rings (SSSR count). The highest BCUT2D eigenvalue weighted by atomic mass is 32.2. The van der Waals surface area contributed by atoms with Gasteiger partial charge in [-0.2, -0.15) is 0 Å². The summed E-state index contributed by atoms with van der Waals surface area (Å²) >= 11 is 1.39. The Kier molecular flexibility index (Phi) is 2.64. The van der Waals surface area contributed by atoms with Gasteiger partial charge in [0, 0.05) is 32.7 Å². The number of fused-ring (bicyclic) bond motifs is 1. The fourth-order valence-corrected chi connectivity index (χ4v) is 3.25. The van der Waals surface area contributed by atoms with Crippen molar-refractivity contribution in [2.45, 2.75) is 5.03 Å². The van der Waals surface area contributed by atoms with E-state index in [1.54, 1.807) is 23.0 Å². The first kappa shape index (κ1) is 11.4. The average molecular weight is 260 g/mol. The monoisotopic (exact) mass is 260 g/mol. The summed E-state index contributed by atoms with van der Waals surface area (Å²) < 4.78 is 27.0. The number of thiazole rings is 1. The Morgan fingerprint density at radius 3 is 2.75 bits per heavy atom. The third kappa shape index (κ3) is 1.49.